The smallest absolute Gasteiger partial charge is 0.199 e. The first-order chi connectivity index (χ1) is 17.6. The van der Waals surface area contributed by atoms with Crippen LogP contribution >= 0.6 is 0 Å². The number of nitrogens with one attached hydrogen (secondary N) is 1. The molecule has 0 heterocycles. The van der Waals surface area contributed by atoms with Crippen LogP contribution in [0, 0.1) is 12.3 Å². The molecule has 0 atom stereocenters. The third-order valence-corrected chi connectivity index (χ3v) is 6.98. The summed E-state index contributed by atoms with van der Waals surface area (Å²) in [5, 5.41) is 8.12. The Labute approximate surface area is 229 Å². The second kappa shape index (κ2) is 14.3. The summed E-state index contributed by atoms with van der Waals surface area (Å²) in [5.74, 6) is 0. The van der Waals surface area contributed by atoms with E-state index in [1.54, 1.807) is 0 Å². The van der Waals surface area contributed by atoms with Crippen molar-refractivity contribution < 1.29 is 17.0 Å². The van der Waals surface area contributed by atoms with Crippen molar-refractivity contribution in [1.29, 1.82) is 5.41 Å². The normalized spacial score (nSPS) is 12.0. The highest BCUT2D eigenvalue weighted by atomic mass is 35.5. The highest BCUT2D eigenvalue weighted by Crippen LogP contribution is 2.36. The lowest BCUT2D eigenvalue weighted by atomic mass is 9.87. The van der Waals surface area contributed by atoms with Gasteiger partial charge in [-0.1, -0.05) is 48.5 Å². The average Bonchev–Trinajstić information content (AvgIpc) is 2.94. The molecular weight excluding hydrogens is 474 g/mol. The van der Waals surface area contributed by atoms with Crippen LogP contribution in [-0.2, 0) is 0 Å². The molecule has 0 aromatic heterocycles. The highest BCUT2D eigenvalue weighted by molar-refractivity contribution is 6.06. The number of fused-ring (bicyclic) bond motifs is 1. The van der Waals surface area contributed by atoms with Crippen LogP contribution in [0.5, 0.6) is 0 Å². The number of rotatable bonds is 7. The molecule has 3 aromatic rings. The van der Waals surface area contributed by atoms with Gasteiger partial charge in [-0.15, -0.1) is 0 Å². The van der Waals surface area contributed by atoms with Crippen molar-refractivity contribution in [3.8, 4) is 0 Å². The minimum absolute atomic E-state index is 0. The second-order valence-corrected chi connectivity index (χ2v) is 8.79. The van der Waals surface area contributed by atoms with Gasteiger partial charge in [0, 0.05) is 30.9 Å². The Morgan fingerprint density at radius 1 is 0.757 bits per heavy atom. The molecule has 4 rings (SSSR count). The van der Waals surface area contributed by atoms with Crippen LogP contribution in [0.1, 0.15) is 44.4 Å². The Morgan fingerprint density at radius 2 is 1.32 bits per heavy atom. The summed E-state index contributed by atoms with van der Waals surface area (Å²) in [6.07, 6.45) is 9.11. The van der Waals surface area contributed by atoms with Crippen molar-refractivity contribution in [2.45, 2.75) is 34.6 Å². The highest BCUT2D eigenvalue weighted by Gasteiger charge is 2.17. The molecule has 0 saturated heterocycles. The first kappa shape index (κ1) is 29.8. The van der Waals surface area contributed by atoms with Crippen LogP contribution in [0.4, 0.5) is 5.69 Å². The molecule has 0 radical (unpaired) electrons. The minimum Gasteiger partial charge on any atom is -1.00 e. The average molecular weight is 514 g/mol. The maximum absolute atomic E-state index is 5.50. The fraction of sp³-hybridized carbons (Fsp3) is 0.273. The maximum atomic E-state index is 5.50. The zero-order chi connectivity index (χ0) is 26.1. The van der Waals surface area contributed by atoms with E-state index in [4.69, 9.17) is 5.41 Å². The topological polar surface area (TPSA) is 30.1 Å². The van der Waals surface area contributed by atoms with Gasteiger partial charge in [0.2, 0.25) is 0 Å². The third-order valence-electron chi connectivity index (χ3n) is 6.98. The predicted molar refractivity (Wildman–Crippen MR) is 159 cm³/mol. The number of anilines is 1. The van der Waals surface area contributed by atoms with E-state index >= 15 is 0 Å². The van der Waals surface area contributed by atoms with Gasteiger partial charge in [0.1, 0.15) is 13.1 Å². The molecule has 0 bridgehead atoms. The molecule has 3 aromatic carbocycles. The number of hydrogen-bond donors (Lipinski definition) is 1. The quantitative estimate of drug-likeness (QED) is 0.360. The number of benzene rings is 3. The summed E-state index contributed by atoms with van der Waals surface area (Å²) >= 11 is 0. The number of aryl methyl sites for hydroxylation is 1. The van der Waals surface area contributed by atoms with Gasteiger partial charge >= 0.3 is 0 Å². The van der Waals surface area contributed by atoms with Gasteiger partial charge in [0.15, 0.2) is 5.71 Å². The standard InChI is InChI=1S/C32H37N2.CH3N.ClH/c1-6-33(7-2)27-19-15-25(16-20-27)32(26-17-21-28(22-18-26)34(8-3)9-4)31-23-14-24(5)29-12-10-11-13-30(29)31;1-2;/h10-23H,6-9H2,1-5H3;2H,1H2;1H/q+1;;/p-1. The van der Waals surface area contributed by atoms with Gasteiger partial charge < -0.3 is 22.7 Å². The number of hydrogen-bond acceptors (Lipinski definition) is 2. The van der Waals surface area contributed by atoms with E-state index < -0.39 is 0 Å². The van der Waals surface area contributed by atoms with Gasteiger partial charge in [0.05, 0.1) is 0 Å². The number of nitrogens with zero attached hydrogens (tertiary/aromatic N) is 2. The predicted octanol–water partition coefficient (Wildman–Crippen LogP) is 4.69. The van der Waals surface area contributed by atoms with E-state index in [1.807, 2.05) is 0 Å². The van der Waals surface area contributed by atoms with Crippen molar-refractivity contribution in [3.05, 3.63) is 107 Å². The van der Waals surface area contributed by atoms with Crippen LogP contribution in [-0.4, -0.2) is 43.2 Å². The van der Waals surface area contributed by atoms with Crippen molar-refractivity contribution in [1.82, 2.24) is 0 Å². The van der Waals surface area contributed by atoms with Gasteiger partial charge in [-0.25, -0.2) is 4.58 Å². The van der Waals surface area contributed by atoms with E-state index in [1.165, 1.54) is 50.0 Å². The monoisotopic (exact) mass is 513 g/mol. The summed E-state index contributed by atoms with van der Waals surface area (Å²) in [6, 6.07) is 22.4. The summed E-state index contributed by atoms with van der Waals surface area (Å²) in [5.41, 5.74) is 8.94. The van der Waals surface area contributed by atoms with Crippen LogP contribution < -0.4 is 17.3 Å². The van der Waals surface area contributed by atoms with E-state index in [9.17, 15) is 0 Å². The Morgan fingerprint density at radius 3 is 1.86 bits per heavy atom. The summed E-state index contributed by atoms with van der Waals surface area (Å²) in [6.45, 7) is 17.6. The van der Waals surface area contributed by atoms with Crippen molar-refractivity contribution >= 4 is 34.5 Å². The fourth-order valence-electron chi connectivity index (χ4n) is 5.00. The lowest BCUT2D eigenvalue weighted by Gasteiger charge is -2.22. The SMILES string of the molecule is C=N.CCN(CC)c1ccc(C(=C2C=CC(=[N+](CC)CC)C=C2)c2ccc(C)c3ccccc23)cc1.[Cl-]. The Kier molecular flexibility index (Phi) is 11.6. The van der Waals surface area contributed by atoms with E-state index in [0.717, 1.165) is 26.2 Å². The second-order valence-electron chi connectivity index (χ2n) is 8.79. The Balaban J connectivity index is 0.00000157. The molecule has 1 aliphatic carbocycles. The van der Waals surface area contributed by atoms with Gasteiger partial charge in [-0.3, -0.25) is 0 Å². The van der Waals surface area contributed by atoms with Crippen molar-refractivity contribution in [2.24, 2.45) is 0 Å². The zero-order valence-electron chi connectivity index (χ0n) is 22.9. The molecule has 4 heteroatoms. The molecule has 0 amide bonds. The molecule has 1 N–H and O–H groups in total. The molecule has 0 aliphatic heterocycles. The maximum Gasteiger partial charge on any atom is 0.199 e. The molecule has 0 saturated carbocycles. The van der Waals surface area contributed by atoms with Crippen molar-refractivity contribution in [3.63, 3.8) is 0 Å². The minimum atomic E-state index is 0. The first-order valence-electron chi connectivity index (χ1n) is 13.0. The first-order valence-corrected chi connectivity index (χ1v) is 13.0. The fourth-order valence-corrected chi connectivity index (χ4v) is 5.00. The molecule has 1 aliphatic rings. The van der Waals surface area contributed by atoms with E-state index in [0.29, 0.717) is 0 Å². The molecule has 0 unspecified atom stereocenters. The van der Waals surface area contributed by atoms with Gasteiger partial charge in [-0.2, -0.15) is 0 Å². The molecule has 194 valence electrons. The summed E-state index contributed by atoms with van der Waals surface area (Å²) in [4.78, 5) is 2.39. The summed E-state index contributed by atoms with van der Waals surface area (Å²) in [7, 11) is 0. The molecular formula is C33H40ClN3. The molecule has 0 fully saturated rings. The van der Waals surface area contributed by atoms with Crippen LogP contribution in [0.2, 0.25) is 0 Å². The lowest BCUT2D eigenvalue weighted by Crippen LogP contribution is -3.00. The third kappa shape index (κ3) is 6.47. The lowest BCUT2D eigenvalue weighted by molar-refractivity contribution is -0.519. The van der Waals surface area contributed by atoms with Crippen LogP contribution in [0.3, 0.4) is 0 Å². The molecule has 37 heavy (non-hydrogen) atoms. The Hall–Kier alpha value is -3.43. The molecule has 0 spiro atoms. The van der Waals surface area contributed by atoms with E-state index in [-0.39, 0.29) is 12.4 Å². The van der Waals surface area contributed by atoms with Crippen LogP contribution in [0.15, 0.2) is 90.5 Å². The van der Waals surface area contributed by atoms with Crippen molar-refractivity contribution in [2.75, 3.05) is 31.1 Å². The zero-order valence-corrected chi connectivity index (χ0v) is 23.6. The van der Waals surface area contributed by atoms with Crippen LogP contribution in [0.25, 0.3) is 16.3 Å². The molecule has 3 nitrogen and oxygen atoms in total. The number of halogens is 1. The van der Waals surface area contributed by atoms with Gasteiger partial charge in [0.25, 0.3) is 0 Å². The Bertz CT molecular complexity index is 1290. The summed E-state index contributed by atoms with van der Waals surface area (Å²) < 4.78 is 2.39. The van der Waals surface area contributed by atoms with E-state index in [2.05, 4.69) is 136 Å². The van der Waals surface area contributed by atoms with Gasteiger partial charge in [-0.05, 0) is 104 Å². The largest absolute Gasteiger partial charge is 1.00 e. The number of allylic oxidation sites excluding steroid dienone is 5.